The van der Waals surface area contributed by atoms with Gasteiger partial charge in [-0.15, -0.1) is 11.3 Å². The maximum Gasteiger partial charge on any atom is 0.355 e. The molecule has 1 unspecified atom stereocenters. The Morgan fingerprint density at radius 3 is 3.00 bits per heavy atom. The van der Waals surface area contributed by atoms with Gasteiger partial charge in [0.1, 0.15) is 0 Å². The molecule has 0 spiro atoms. The molecule has 1 aromatic rings. The van der Waals surface area contributed by atoms with Gasteiger partial charge in [-0.2, -0.15) is 0 Å². The fraction of sp³-hybridized carbons (Fsp3) is 0.636. The molecule has 94 valence electrons. The van der Waals surface area contributed by atoms with Crippen LogP contribution < -0.4 is 0 Å². The number of thiazole rings is 1. The first-order valence-electron chi connectivity index (χ1n) is 5.62. The molecule has 6 heteroatoms. The summed E-state index contributed by atoms with van der Waals surface area (Å²) in [5.41, 5.74) is 0.164. The average molecular weight is 255 g/mol. The van der Waals surface area contributed by atoms with Crippen molar-refractivity contribution in [1.82, 2.24) is 14.8 Å². The number of carboxylic acid groups (broad SMARTS) is 1. The number of hydrogen-bond donors (Lipinski definition) is 1. The van der Waals surface area contributed by atoms with Crippen LogP contribution in [-0.2, 0) is 6.42 Å². The summed E-state index contributed by atoms with van der Waals surface area (Å²) >= 11 is 1.44. The molecule has 1 fully saturated rings. The van der Waals surface area contributed by atoms with Crippen LogP contribution in [0.3, 0.4) is 0 Å². The summed E-state index contributed by atoms with van der Waals surface area (Å²) in [7, 11) is 4.23. The zero-order valence-corrected chi connectivity index (χ0v) is 10.9. The normalized spacial score (nSPS) is 22.8. The summed E-state index contributed by atoms with van der Waals surface area (Å²) < 4.78 is 0. The monoisotopic (exact) mass is 255 g/mol. The van der Waals surface area contributed by atoms with E-state index >= 15 is 0 Å². The van der Waals surface area contributed by atoms with Gasteiger partial charge < -0.3 is 14.9 Å². The summed E-state index contributed by atoms with van der Waals surface area (Å²) in [5.74, 6) is -0.943. The number of aromatic nitrogens is 1. The van der Waals surface area contributed by atoms with Crippen LogP contribution in [0.4, 0.5) is 0 Å². The Labute approximate surface area is 105 Å². The van der Waals surface area contributed by atoms with Gasteiger partial charge in [-0.3, -0.25) is 0 Å². The highest BCUT2D eigenvalue weighted by atomic mass is 32.1. The van der Waals surface area contributed by atoms with Crippen LogP contribution in [-0.4, -0.2) is 65.6 Å². The van der Waals surface area contributed by atoms with Crippen LogP contribution in [0.2, 0.25) is 0 Å². The lowest BCUT2D eigenvalue weighted by Crippen LogP contribution is -2.50. The quantitative estimate of drug-likeness (QED) is 0.858. The largest absolute Gasteiger partial charge is 0.476 e. The predicted octanol–water partition coefficient (Wildman–Crippen LogP) is 0.630. The van der Waals surface area contributed by atoms with E-state index in [2.05, 4.69) is 28.9 Å². The topological polar surface area (TPSA) is 56.7 Å². The molecule has 0 radical (unpaired) electrons. The third kappa shape index (κ3) is 3.02. The van der Waals surface area contributed by atoms with E-state index in [1.165, 1.54) is 11.3 Å². The first-order valence-corrected chi connectivity index (χ1v) is 6.50. The Hall–Kier alpha value is -0.980. The molecular formula is C11H17N3O2S. The van der Waals surface area contributed by atoms with Crippen LogP contribution in [0.15, 0.2) is 5.38 Å². The zero-order chi connectivity index (χ0) is 12.4. The van der Waals surface area contributed by atoms with Gasteiger partial charge in [0.05, 0.1) is 5.01 Å². The Bertz CT molecular complexity index is 407. The van der Waals surface area contributed by atoms with Gasteiger partial charge >= 0.3 is 5.97 Å². The second kappa shape index (κ2) is 5.12. The third-order valence-electron chi connectivity index (χ3n) is 3.16. The van der Waals surface area contributed by atoms with E-state index in [9.17, 15) is 4.79 Å². The molecule has 1 atom stereocenters. The van der Waals surface area contributed by atoms with Crippen molar-refractivity contribution >= 4 is 17.3 Å². The van der Waals surface area contributed by atoms with Gasteiger partial charge in [-0.1, -0.05) is 0 Å². The molecule has 0 saturated carbocycles. The molecule has 1 aliphatic rings. The summed E-state index contributed by atoms with van der Waals surface area (Å²) in [5, 5.41) is 11.4. The van der Waals surface area contributed by atoms with E-state index in [-0.39, 0.29) is 5.69 Å². The Morgan fingerprint density at radius 2 is 2.35 bits per heavy atom. The molecule has 2 heterocycles. The van der Waals surface area contributed by atoms with Crippen LogP contribution in [0.5, 0.6) is 0 Å². The van der Waals surface area contributed by atoms with Gasteiger partial charge in [-0.05, 0) is 14.1 Å². The molecular weight excluding hydrogens is 238 g/mol. The molecule has 0 aliphatic carbocycles. The van der Waals surface area contributed by atoms with Crippen molar-refractivity contribution in [3.8, 4) is 0 Å². The minimum Gasteiger partial charge on any atom is -0.476 e. The second-order valence-corrected chi connectivity index (χ2v) is 5.48. The highest BCUT2D eigenvalue weighted by molar-refractivity contribution is 7.09. The Kier molecular flexibility index (Phi) is 3.76. The minimum absolute atomic E-state index is 0.164. The molecule has 1 aliphatic heterocycles. The van der Waals surface area contributed by atoms with Gasteiger partial charge in [0, 0.05) is 37.5 Å². The number of hydrogen-bond acceptors (Lipinski definition) is 5. The summed E-state index contributed by atoms with van der Waals surface area (Å²) in [6.07, 6.45) is 0.832. The summed E-state index contributed by atoms with van der Waals surface area (Å²) in [6.45, 7) is 3.15. The van der Waals surface area contributed by atoms with Crippen molar-refractivity contribution in [3.63, 3.8) is 0 Å². The average Bonchev–Trinajstić information content (AvgIpc) is 2.72. The molecule has 17 heavy (non-hydrogen) atoms. The minimum atomic E-state index is -0.943. The molecule has 0 amide bonds. The Morgan fingerprint density at radius 1 is 1.59 bits per heavy atom. The van der Waals surface area contributed by atoms with E-state index < -0.39 is 5.97 Å². The SMILES string of the molecule is CN1CCN(C)C(Cc2nc(C(=O)O)cs2)C1. The van der Waals surface area contributed by atoms with Crippen LogP contribution in [0.25, 0.3) is 0 Å². The lowest BCUT2D eigenvalue weighted by Gasteiger charge is -2.37. The van der Waals surface area contributed by atoms with Gasteiger partial charge in [0.15, 0.2) is 5.69 Å². The van der Waals surface area contributed by atoms with Crippen molar-refractivity contribution in [2.75, 3.05) is 33.7 Å². The Balaban J connectivity index is 2.01. The van der Waals surface area contributed by atoms with E-state index in [1.54, 1.807) is 5.38 Å². The van der Waals surface area contributed by atoms with Gasteiger partial charge in [-0.25, -0.2) is 9.78 Å². The van der Waals surface area contributed by atoms with Crippen LogP contribution in [0.1, 0.15) is 15.5 Å². The molecule has 0 bridgehead atoms. The van der Waals surface area contributed by atoms with Crippen LogP contribution in [0, 0.1) is 0 Å². The molecule has 1 aromatic heterocycles. The van der Waals surface area contributed by atoms with Crippen molar-refractivity contribution in [3.05, 3.63) is 16.1 Å². The third-order valence-corrected chi connectivity index (χ3v) is 4.03. The highest BCUT2D eigenvalue weighted by Crippen LogP contribution is 2.16. The lowest BCUT2D eigenvalue weighted by molar-refractivity contribution is 0.0691. The summed E-state index contributed by atoms with van der Waals surface area (Å²) in [4.78, 5) is 19.5. The van der Waals surface area contributed by atoms with Crippen LogP contribution >= 0.6 is 11.3 Å². The first kappa shape index (κ1) is 12.5. The van der Waals surface area contributed by atoms with Crippen molar-refractivity contribution in [2.45, 2.75) is 12.5 Å². The number of aromatic carboxylic acids is 1. The highest BCUT2D eigenvalue weighted by Gasteiger charge is 2.23. The smallest absolute Gasteiger partial charge is 0.355 e. The number of likely N-dealkylation sites (N-methyl/N-ethyl adjacent to an activating group) is 2. The van der Waals surface area contributed by atoms with Crippen molar-refractivity contribution < 1.29 is 9.90 Å². The van der Waals surface area contributed by atoms with Crippen molar-refractivity contribution in [2.24, 2.45) is 0 Å². The number of rotatable bonds is 3. The van der Waals surface area contributed by atoms with Crippen molar-refractivity contribution in [1.29, 1.82) is 0 Å². The summed E-state index contributed by atoms with van der Waals surface area (Å²) in [6, 6.07) is 0.432. The maximum atomic E-state index is 10.7. The van der Waals surface area contributed by atoms with Gasteiger partial charge in [0.2, 0.25) is 0 Å². The molecule has 1 N–H and O–H groups in total. The molecule has 2 rings (SSSR count). The predicted molar refractivity (Wildman–Crippen MR) is 66.7 cm³/mol. The van der Waals surface area contributed by atoms with E-state index in [0.717, 1.165) is 31.1 Å². The van der Waals surface area contributed by atoms with E-state index in [0.29, 0.717) is 6.04 Å². The second-order valence-electron chi connectivity index (χ2n) is 4.53. The zero-order valence-electron chi connectivity index (χ0n) is 10.1. The fourth-order valence-corrected chi connectivity index (χ4v) is 2.87. The lowest BCUT2D eigenvalue weighted by atomic mass is 10.1. The number of carbonyl (C=O) groups is 1. The maximum absolute atomic E-state index is 10.7. The number of carboxylic acids is 1. The first-order chi connectivity index (χ1) is 8.06. The van der Waals surface area contributed by atoms with E-state index in [4.69, 9.17) is 5.11 Å². The number of piperazine rings is 1. The fourth-order valence-electron chi connectivity index (χ4n) is 2.03. The van der Waals surface area contributed by atoms with Gasteiger partial charge in [0.25, 0.3) is 0 Å². The molecule has 0 aromatic carbocycles. The number of nitrogens with zero attached hydrogens (tertiary/aromatic N) is 3. The molecule has 5 nitrogen and oxygen atoms in total. The molecule has 1 saturated heterocycles. The standard InChI is InChI=1S/C11H17N3O2S/c1-13-3-4-14(2)8(6-13)5-10-12-9(7-17-10)11(15)16/h7-8H,3-6H2,1-2H3,(H,15,16). The van der Waals surface area contributed by atoms with E-state index in [1.807, 2.05) is 0 Å².